The van der Waals surface area contributed by atoms with Crippen molar-refractivity contribution in [3.8, 4) is 6.07 Å². The fraction of sp³-hybridized carbons (Fsp3) is 0.300. The van der Waals surface area contributed by atoms with E-state index in [4.69, 9.17) is 5.26 Å². The molecule has 2 N–H and O–H groups in total. The van der Waals surface area contributed by atoms with Crippen molar-refractivity contribution in [1.82, 2.24) is 10.3 Å². The number of anilines is 1. The van der Waals surface area contributed by atoms with Gasteiger partial charge in [0.25, 0.3) is 11.8 Å². The summed E-state index contributed by atoms with van der Waals surface area (Å²) < 4.78 is 0. The van der Waals surface area contributed by atoms with E-state index in [2.05, 4.69) is 15.6 Å². The zero-order valence-electron chi connectivity index (χ0n) is 14.4. The lowest BCUT2D eigenvalue weighted by Gasteiger charge is -2.22. The van der Waals surface area contributed by atoms with Crippen molar-refractivity contribution in [3.63, 3.8) is 0 Å². The monoisotopic (exact) mass is 348 g/mol. The predicted octanol–water partition coefficient (Wildman–Crippen LogP) is 3.27. The van der Waals surface area contributed by atoms with E-state index in [0.717, 1.165) is 25.7 Å². The van der Waals surface area contributed by atoms with Crippen LogP contribution in [-0.2, 0) is 0 Å². The zero-order valence-corrected chi connectivity index (χ0v) is 14.4. The van der Waals surface area contributed by atoms with Crippen LogP contribution >= 0.6 is 0 Å². The number of hydrogen-bond donors (Lipinski definition) is 2. The minimum Gasteiger partial charge on any atom is -0.348 e. The summed E-state index contributed by atoms with van der Waals surface area (Å²) in [5.41, 5.74) is 1.70. The Kier molecular flexibility index (Phi) is 5.59. The molecule has 0 bridgehead atoms. The first kappa shape index (κ1) is 17.6. The molecule has 0 saturated heterocycles. The van der Waals surface area contributed by atoms with Crippen LogP contribution in [-0.4, -0.2) is 22.8 Å². The molecule has 3 rings (SSSR count). The SMILES string of the molecule is N#Cc1ccc(NC(=O)c2ccnc(C(=O)NC3CCCCC3)c2)cc1. The van der Waals surface area contributed by atoms with E-state index in [-0.39, 0.29) is 23.6 Å². The lowest BCUT2D eigenvalue weighted by atomic mass is 9.95. The summed E-state index contributed by atoms with van der Waals surface area (Å²) in [4.78, 5) is 28.9. The van der Waals surface area contributed by atoms with Crippen molar-refractivity contribution in [1.29, 1.82) is 5.26 Å². The fourth-order valence-electron chi connectivity index (χ4n) is 3.03. The third kappa shape index (κ3) is 4.45. The Bertz CT molecular complexity index is 834. The smallest absolute Gasteiger partial charge is 0.270 e. The van der Waals surface area contributed by atoms with Gasteiger partial charge < -0.3 is 10.6 Å². The number of nitrogens with zero attached hydrogens (tertiary/aromatic N) is 2. The van der Waals surface area contributed by atoms with E-state index >= 15 is 0 Å². The normalized spacial score (nSPS) is 14.3. The highest BCUT2D eigenvalue weighted by Gasteiger charge is 2.18. The van der Waals surface area contributed by atoms with Crippen molar-refractivity contribution in [2.24, 2.45) is 0 Å². The largest absolute Gasteiger partial charge is 0.348 e. The molecule has 1 aromatic heterocycles. The second-order valence-electron chi connectivity index (χ2n) is 6.38. The van der Waals surface area contributed by atoms with Crippen LogP contribution in [0.5, 0.6) is 0 Å². The quantitative estimate of drug-likeness (QED) is 0.886. The van der Waals surface area contributed by atoms with Gasteiger partial charge in [-0.1, -0.05) is 19.3 Å². The maximum atomic E-state index is 12.4. The molecule has 1 fully saturated rings. The van der Waals surface area contributed by atoms with E-state index in [0.29, 0.717) is 16.8 Å². The average Bonchev–Trinajstić information content (AvgIpc) is 2.69. The third-order valence-corrected chi connectivity index (χ3v) is 4.47. The number of carbonyl (C=O) groups excluding carboxylic acids is 2. The molecule has 0 unspecified atom stereocenters. The van der Waals surface area contributed by atoms with Gasteiger partial charge in [-0.2, -0.15) is 5.26 Å². The van der Waals surface area contributed by atoms with Gasteiger partial charge in [-0.25, -0.2) is 0 Å². The second kappa shape index (κ2) is 8.26. The molecule has 132 valence electrons. The van der Waals surface area contributed by atoms with Crippen molar-refractivity contribution in [2.45, 2.75) is 38.1 Å². The van der Waals surface area contributed by atoms with Crippen LogP contribution in [0.3, 0.4) is 0 Å². The van der Waals surface area contributed by atoms with E-state index < -0.39 is 0 Å². The van der Waals surface area contributed by atoms with Gasteiger partial charge in [0.15, 0.2) is 0 Å². The minimum absolute atomic E-state index is 0.189. The number of nitriles is 1. The molecule has 1 aliphatic rings. The number of benzene rings is 1. The number of aromatic nitrogens is 1. The fourth-order valence-corrected chi connectivity index (χ4v) is 3.03. The zero-order chi connectivity index (χ0) is 18.4. The summed E-state index contributed by atoms with van der Waals surface area (Å²) in [6, 6.07) is 11.9. The van der Waals surface area contributed by atoms with Crippen LogP contribution in [0.1, 0.15) is 58.5 Å². The molecule has 2 aromatic rings. The summed E-state index contributed by atoms with van der Waals surface area (Å²) >= 11 is 0. The Morgan fingerprint density at radius 2 is 1.77 bits per heavy atom. The van der Waals surface area contributed by atoms with Gasteiger partial charge in [0.1, 0.15) is 5.69 Å². The summed E-state index contributed by atoms with van der Waals surface area (Å²) in [6.45, 7) is 0. The second-order valence-corrected chi connectivity index (χ2v) is 6.38. The van der Waals surface area contributed by atoms with Gasteiger partial charge in [-0.15, -0.1) is 0 Å². The Morgan fingerprint density at radius 1 is 1.04 bits per heavy atom. The first-order valence-electron chi connectivity index (χ1n) is 8.74. The molecule has 0 atom stereocenters. The van der Waals surface area contributed by atoms with Crippen molar-refractivity contribution in [3.05, 3.63) is 59.4 Å². The molecule has 26 heavy (non-hydrogen) atoms. The van der Waals surface area contributed by atoms with Gasteiger partial charge in [-0.3, -0.25) is 14.6 Å². The molecule has 6 nitrogen and oxygen atoms in total. The summed E-state index contributed by atoms with van der Waals surface area (Å²) in [7, 11) is 0. The summed E-state index contributed by atoms with van der Waals surface area (Å²) in [5, 5.41) is 14.6. The first-order valence-corrected chi connectivity index (χ1v) is 8.74. The van der Waals surface area contributed by atoms with Gasteiger partial charge in [0.05, 0.1) is 11.6 Å². The minimum atomic E-state index is -0.330. The lowest BCUT2D eigenvalue weighted by molar-refractivity contribution is 0.0922. The average molecular weight is 348 g/mol. The van der Waals surface area contributed by atoms with E-state index in [1.165, 1.54) is 18.7 Å². The van der Waals surface area contributed by atoms with Gasteiger partial charge in [-0.05, 0) is 49.2 Å². The van der Waals surface area contributed by atoms with Crippen LogP contribution < -0.4 is 10.6 Å². The standard InChI is InChI=1S/C20H20N4O2/c21-13-14-6-8-17(9-7-14)23-19(25)15-10-11-22-18(12-15)20(26)24-16-4-2-1-3-5-16/h6-12,16H,1-5H2,(H,23,25)(H,24,26). The Hall–Kier alpha value is -3.20. The molecular weight excluding hydrogens is 328 g/mol. The molecule has 6 heteroatoms. The molecule has 0 aliphatic heterocycles. The highest BCUT2D eigenvalue weighted by Crippen LogP contribution is 2.18. The van der Waals surface area contributed by atoms with Gasteiger partial charge in [0, 0.05) is 23.5 Å². The topological polar surface area (TPSA) is 94.9 Å². The molecule has 1 saturated carbocycles. The Balaban J connectivity index is 1.66. The number of amides is 2. The van der Waals surface area contributed by atoms with Crippen LogP contribution in [0.2, 0.25) is 0 Å². The molecule has 0 spiro atoms. The van der Waals surface area contributed by atoms with E-state index in [9.17, 15) is 9.59 Å². The summed E-state index contributed by atoms with van der Waals surface area (Å²) in [6.07, 6.45) is 6.92. The number of hydrogen-bond acceptors (Lipinski definition) is 4. The molecular formula is C20H20N4O2. The van der Waals surface area contributed by atoms with Crippen LogP contribution in [0.25, 0.3) is 0 Å². The van der Waals surface area contributed by atoms with Crippen molar-refractivity contribution < 1.29 is 9.59 Å². The highest BCUT2D eigenvalue weighted by atomic mass is 16.2. The molecule has 1 aromatic carbocycles. The lowest BCUT2D eigenvalue weighted by Crippen LogP contribution is -2.36. The molecule has 2 amide bonds. The number of nitrogens with one attached hydrogen (secondary N) is 2. The highest BCUT2D eigenvalue weighted by molar-refractivity contribution is 6.05. The maximum absolute atomic E-state index is 12.4. The first-order chi connectivity index (χ1) is 12.7. The number of rotatable bonds is 4. The van der Waals surface area contributed by atoms with Crippen molar-refractivity contribution in [2.75, 3.05) is 5.32 Å². The van der Waals surface area contributed by atoms with E-state index in [1.54, 1.807) is 30.3 Å². The summed E-state index contributed by atoms with van der Waals surface area (Å²) in [5.74, 6) is -0.575. The Morgan fingerprint density at radius 3 is 2.46 bits per heavy atom. The predicted molar refractivity (Wildman–Crippen MR) is 97.7 cm³/mol. The van der Waals surface area contributed by atoms with E-state index in [1.807, 2.05) is 6.07 Å². The Labute approximate surface area is 152 Å². The van der Waals surface area contributed by atoms with Crippen LogP contribution in [0.15, 0.2) is 42.6 Å². The van der Waals surface area contributed by atoms with Gasteiger partial charge in [0.2, 0.25) is 0 Å². The molecule has 1 heterocycles. The molecule has 1 aliphatic carbocycles. The number of carbonyl (C=O) groups is 2. The number of pyridine rings is 1. The maximum Gasteiger partial charge on any atom is 0.270 e. The van der Waals surface area contributed by atoms with Crippen LogP contribution in [0, 0.1) is 11.3 Å². The molecule has 0 radical (unpaired) electrons. The third-order valence-electron chi connectivity index (χ3n) is 4.47. The van der Waals surface area contributed by atoms with Crippen LogP contribution in [0.4, 0.5) is 5.69 Å². The van der Waals surface area contributed by atoms with Gasteiger partial charge >= 0.3 is 0 Å². The van der Waals surface area contributed by atoms with Crippen molar-refractivity contribution >= 4 is 17.5 Å².